The molecule has 0 bridgehead atoms. The standard InChI is InChI=1S/C28H22N2S/c1-16(2)18-13-14-29-24(15-18)21-9-6-10-22-25-19-7-4-5-8-20(19)26-23(12-11-17(3)30-26)28(25)31-27(21)22/h4-16H,1-3H3/i16D. The summed E-state index contributed by atoms with van der Waals surface area (Å²) in [4.78, 5) is 9.61. The lowest BCUT2D eigenvalue weighted by atomic mass is 9.98. The van der Waals surface area contributed by atoms with Crippen molar-refractivity contribution in [2.24, 2.45) is 0 Å². The summed E-state index contributed by atoms with van der Waals surface area (Å²) in [6, 6.07) is 23.4. The molecule has 0 aliphatic heterocycles. The van der Waals surface area contributed by atoms with Crippen LogP contribution in [-0.2, 0) is 0 Å². The van der Waals surface area contributed by atoms with Crippen LogP contribution in [0, 0.1) is 6.92 Å². The summed E-state index contributed by atoms with van der Waals surface area (Å²) in [6.45, 7) is 5.88. The second-order valence-electron chi connectivity index (χ2n) is 8.31. The number of thiophene rings is 1. The number of fused-ring (bicyclic) bond motifs is 8. The first-order chi connectivity index (χ1) is 15.4. The van der Waals surface area contributed by atoms with Gasteiger partial charge in [-0.25, -0.2) is 0 Å². The molecule has 31 heavy (non-hydrogen) atoms. The fourth-order valence-electron chi connectivity index (χ4n) is 4.52. The second-order valence-corrected chi connectivity index (χ2v) is 9.33. The third kappa shape index (κ3) is 2.77. The van der Waals surface area contributed by atoms with Gasteiger partial charge in [-0.05, 0) is 48.0 Å². The highest BCUT2D eigenvalue weighted by Gasteiger charge is 2.17. The summed E-state index contributed by atoms with van der Waals surface area (Å²) in [5.41, 5.74) is 5.10. The summed E-state index contributed by atoms with van der Waals surface area (Å²) in [5, 5.41) is 6.17. The number of rotatable bonds is 2. The molecule has 0 amide bonds. The number of hydrogen-bond donors (Lipinski definition) is 0. The Kier molecular flexibility index (Phi) is 3.85. The third-order valence-electron chi connectivity index (χ3n) is 6.06. The molecule has 0 aliphatic carbocycles. The Bertz CT molecular complexity index is 1670. The van der Waals surface area contributed by atoms with Gasteiger partial charge in [0.2, 0.25) is 0 Å². The molecule has 3 heterocycles. The summed E-state index contributed by atoms with van der Waals surface area (Å²) in [7, 11) is 0. The molecule has 6 aromatic rings. The van der Waals surface area contributed by atoms with Crippen molar-refractivity contribution >= 4 is 53.2 Å². The van der Waals surface area contributed by atoms with E-state index in [0.717, 1.165) is 28.0 Å². The van der Waals surface area contributed by atoms with E-state index in [2.05, 4.69) is 60.7 Å². The van der Waals surface area contributed by atoms with Crippen LogP contribution in [0.2, 0.25) is 0 Å². The largest absolute Gasteiger partial charge is 0.256 e. The van der Waals surface area contributed by atoms with Gasteiger partial charge in [0.25, 0.3) is 0 Å². The van der Waals surface area contributed by atoms with Crippen molar-refractivity contribution in [1.82, 2.24) is 9.97 Å². The molecule has 2 nitrogen and oxygen atoms in total. The molecule has 3 heteroatoms. The van der Waals surface area contributed by atoms with Crippen molar-refractivity contribution in [2.75, 3.05) is 0 Å². The molecule has 6 rings (SSSR count). The Balaban J connectivity index is 1.77. The maximum Gasteiger partial charge on any atom is 0.0798 e. The van der Waals surface area contributed by atoms with E-state index >= 15 is 0 Å². The van der Waals surface area contributed by atoms with E-state index in [1.54, 1.807) is 0 Å². The van der Waals surface area contributed by atoms with E-state index in [1.165, 1.54) is 36.3 Å². The molecule has 0 aliphatic rings. The normalized spacial score (nSPS) is 12.8. The quantitative estimate of drug-likeness (QED) is 0.264. The maximum absolute atomic E-state index is 8.45. The molecule has 0 saturated carbocycles. The molecule has 3 aromatic carbocycles. The van der Waals surface area contributed by atoms with Crippen LogP contribution in [0.1, 0.15) is 32.4 Å². The maximum atomic E-state index is 8.45. The van der Waals surface area contributed by atoms with Crippen molar-refractivity contribution in [2.45, 2.75) is 26.7 Å². The van der Waals surface area contributed by atoms with Crippen LogP contribution >= 0.6 is 11.3 Å². The minimum Gasteiger partial charge on any atom is -0.256 e. The van der Waals surface area contributed by atoms with E-state index in [1.807, 2.05) is 44.4 Å². The summed E-state index contributed by atoms with van der Waals surface area (Å²) in [5.74, 6) is -0.665. The monoisotopic (exact) mass is 419 g/mol. The van der Waals surface area contributed by atoms with Crippen molar-refractivity contribution in [3.63, 3.8) is 0 Å². The first-order valence-corrected chi connectivity index (χ1v) is 11.3. The Labute approximate surface area is 186 Å². The van der Waals surface area contributed by atoms with Gasteiger partial charge in [-0.2, -0.15) is 0 Å². The number of pyridine rings is 2. The average molecular weight is 420 g/mol. The van der Waals surface area contributed by atoms with Crippen LogP contribution in [0.15, 0.2) is 72.9 Å². The summed E-state index contributed by atoms with van der Waals surface area (Å²) >= 11 is 1.82. The molecular weight excluding hydrogens is 396 g/mol. The first kappa shape index (κ1) is 17.4. The zero-order valence-corrected chi connectivity index (χ0v) is 18.5. The third-order valence-corrected chi connectivity index (χ3v) is 7.33. The van der Waals surface area contributed by atoms with Crippen molar-refractivity contribution in [3.05, 3.63) is 84.2 Å². The van der Waals surface area contributed by atoms with E-state index < -0.39 is 5.89 Å². The van der Waals surface area contributed by atoms with Gasteiger partial charge in [0, 0.05) is 49.8 Å². The van der Waals surface area contributed by atoms with E-state index in [-0.39, 0.29) is 0 Å². The fraction of sp³-hybridized carbons (Fsp3) is 0.143. The molecule has 0 spiro atoms. The second kappa shape index (κ2) is 6.86. The smallest absolute Gasteiger partial charge is 0.0798 e. The van der Waals surface area contributed by atoms with Crippen LogP contribution < -0.4 is 0 Å². The molecule has 0 N–H and O–H groups in total. The predicted octanol–water partition coefficient (Wildman–Crippen LogP) is 8.25. The van der Waals surface area contributed by atoms with Crippen molar-refractivity contribution in [3.8, 4) is 11.3 Å². The molecule has 0 fully saturated rings. The number of aryl methyl sites for hydroxylation is 1. The predicted molar refractivity (Wildman–Crippen MR) is 134 cm³/mol. The lowest BCUT2D eigenvalue weighted by molar-refractivity contribution is 0.864. The topological polar surface area (TPSA) is 25.8 Å². The Hall–Kier alpha value is -3.30. The first-order valence-electron chi connectivity index (χ1n) is 11.0. The zero-order valence-electron chi connectivity index (χ0n) is 18.7. The molecular formula is C28H22N2S. The van der Waals surface area contributed by atoms with Gasteiger partial charge in [0.05, 0.1) is 11.2 Å². The van der Waals surface area contributed by atoms with Crippen LogP contribution in [0.25, 0.3) is 53.1 Å². The molecule has 3 aromatic heterocycles. The Morgan fingerprint density at radius 1 is 0.839 bits per heavy atom. The molecule has 0 saturated heterocycles. The van der Waals surface area contributed by atoms with Crippen molar-refractivity contribution < 1.29 is 1.37 Å². The minimum atomic E-state index is -0.665. The van der Waals surface area contributed by atoms with Crippen molar-refractivity contribution in [1.29, 1.82) is 0 Å². The van der Waals surface area contributed by atoms with Crippen LogP contribution in [0.5, 0.6) is 0 Å². The SMILES string of the molecule is [2H]C(C)(C)c1ccnc(-c2cccc3c2sc2c4ccc(C)nc4c4ccccc4c32)c1. The lowest BCUT2D eigenvalue weighted by Crippen LogP contribution is -1.90. The molecule has 0 unspecified atom stereocenters. The highest BCUT2D eigenvalue weighted by Crippen LogP contribution is 2.46. The van der Waals surface area contributed by atoms with E-state index in [4.69, 9.17) is 11.3 Å². The van der Waals surface area contributed by atoms with Crippen LogP contribution in [0.4, 0.5) is 0 Å². The van der Waals surface area contributed by atoms with Gasteiger partial charge in [-0.1, -0.05) is 56.3 Å². The van der Waals surface area contributed by atoms with Crippen LogP contribution in [0.3, 0.4) is 0 Å². The number of aromatic nitrogens is 2. The van der Waals surface area contributed by atoms with Gasteiger partial charge in [-0.3, -0.25) is 9.97 Å². The molecule has 0 radical (unpaired) electrons. The number of nitrogens with zero attached hydrogens (tertiary/aromatic N) is 2. The average Bonchev–Trinajstić information content (AvgIpc) is 3.18. The zero-order chi connectivity index (χ0) is 22.0. The minimum absolute atomic E-state index is 0.665. The van der Waals surface area contributed by atoms with E-state index in [0.29, 0.717) is 0 Å². The van der Waals surface area contributed by atoms with E-state index in [9.17, 15) is 0 Å². The highest BCUT2D eigenvalue weighted by molar-refractivity contribution is 7.27. The van der Waals surface area contributed by atoms with Gasteiger partial charge < -0.3 is 0 Å². The fourth-order valence-corrected chi connectivity index (χ4v) is 5.88. The lowest BCUT2D eigenvalue weighted by Gasteiger charge is -2.08. The van der Waals surface area contributed by atoms with Crippen LogP contribution in [-0.4, -0.2) is 9.97 Å². The van der Waals surface area contributed by atoms with Gasteiger partial charge >= 0.3 is 0 Å². The molecule has 150 valence electrons. The van der Waals surface area contributed by atoms with Gasteiger partial charge in [-0.15, -0.1) is 11.3 Å². The highest BCUT2D eigenvalue weighted by atomic mass is 32.1. The molecule has 0 atom stereocenters. The number of benzene rings is 3. The van der Waals surface area contributed by atoms with Gasteiger partial charge in [0.1, 0.15) is 0 Å². The van der Waals surface area contributed by atoms with Gasteiger partial charge in [0.15, 0.2) is 0 Å². The summed E-state index contributed by atoms with van der Waals surface area (Å²) in [6.07, 6.45) is 1.82. The summed E-state index contributed by atoms with van der Waals surface area (Å²) < 4.78 is 10.9. The Morgan fingerprint density at radius 2 is 1.65 bits per heavy atom. The number of hydrogen-bond acceptors (Lipinski definition) is 3. The Morgan fingerprint density at radius 3 is 2.48 bits per heavy atom.